The summed E-state index contributed by atoms with van der Waals surface area (Å²) in [7, 11) is 1.65. The number of ether oxygens (including phenoxy) is 1. The quantitative estimate of drug-likeness (QED) is 0.461. The number of hydrogen-bond acceptors (Lipinski definition) is 6. The zero-order chi connectivity index (χ0) is 23.4. The molecule has 4 rings (SSSR count). The van der Waals surface area contributed by atoms with E-state index < -0.39 is 6.67 Å². The van der Waals surface area contributed by atoms with Crippen molar-refractivity contribution in [2.75, 3.05) is 13.7 Å². The van der Waals surface area contributed by atoms with E-state index in [1.807, 2.05) is 13.0 Å². The number of aromatic nitrogens is 4. The van der Waals surface area contributed by atoms with E-state index in [-0.39, 0.29) is 18.1 Å². The molecular weight excluding hydrogens is 423 g/mol. The number of alkyl halides is 1. The smallest absolute Gasteiger partial charge is 0.272 e. The molecule has 0 bridgehead atoms. The van der Waals surface area contributed by atoms with Gasteiger partial charge in [0.05, 0.1) is 35.6 Å². The van der Waals surface area contributed by atoms with E-state index in [4.69, 9.17) is 4.74 Å². The molecule has 0 saturated carbocycles. The second-order valence-electron chi connectivity index (χ2n) is 7.36. The van der Waals surface area contributed by atoms with Gasteiger partial charge in [0.25, 0.3) is 5.91 Å². The number of halogens is 1. The summed E-state index contributed by atoms with van der Waals surface area (Å²) in [4.78, 5) is 23.2. The molecule has 166 valence electrons. The topological polar surface area (TPSA) is 108 Å². The average molecular weight is 444 g/mol. The number of carbonyl (C=O) groups excluding carboxylic acids is 1. The number of pyridine rings is 2. The number of fused-ring (bicyclic) bond motifs is 1. The maximum Gasteiger partial charge on any atom is 0.272 e. The summed E-state index contributed by atoms with van der Waals surface area (Å²) in [5.41, 5.74) is 3.87. The van der Waals surface area contributed by atoms with Gasteiger partial charge in [-0.25, -0.2) is 9.37 Å². The molecule has 0 fully saturated rings. The number of nitrogens with one attached hydrogen (secondary N) is 1. The lowest BCUT2D eigenvalue weighted by atomic mass is 10.0. The predicted octanol–water partition coefficient (Wildman–Crippen LogP) is 4.03. The number of nitriles is 1. The van der Waals surface area contributed by atoms with Crippen LogP contribution in [-0.4, -0.2) is 44.6 Å². The molecule has 8 nitrogen and oxygen atoms in total. The Hall–Kier alpha value is -4.32. The van der Waals surface area contributed by atoms with Gasteiger partial charge in [-0.1, -0.05) is 12.1 Å². The van der Waals surface area contributed by atoms with Crippen molar-refractivity contribution in [3.63, 3.8) is 0 Å². The van der Waals surface area contributed by atoms with Gasteiger partial charge in [-0.3, -0.25) is 14.9 Å². The fourth-order valence-electron chi connectivity index (χ4n) is 3.57. The van der Waals surface area contributed by atoms with Crippen molar-refractivity contribution in [2.24, 2.45) is 0 Å². The van der Waals surface area contributed by atoms with Crippen LogP contribution in [0, 0.1) is 11.3 Å². The Bertz CT molecular complexity index is 1360. The highest BCUT2D eigenvalue weighted by Crippen LogP contribution is 2.30. The number of aromatic amines is 1. The van der Waals surface area contributed by atoms with Crippen molar-refractivity contribution in [3.05, 3.63) is 71.3 Å². The van der Waals surface area contributed by atoms with Crippen LogP contribution in [-0.2, 0) is 13.2 Å². The van der Waals surface area contributed by atoms with Crippen LogP contribution < -0.4 is 4.74 Å². The van der Waals surface area contributed by atoms with E-state index in [0.717, 1.165) is 5.56 Å². The first-order valence-corrected chi connectivity index (χ1v) is 10.3. The first-order valence-electron chi connectivity index (χ1n) is 10.3. The Kier molecular flexibility index (Phi) is 6.26. The monoisotopic (exact) mass is 444 g/mol. The molecule has 0 aliphatic rings. The van der Waals surface area contributed by atoms with Crippen LogP contribution in [0.2, 0.25) is 0 Å². The zero-order valence-corrected chi connectivity index (χ0v) is 18.2. The van der Waals surface area contributed by atoms with Crippen LogP contribution in [0.25, 0.3) is 22.0 Å². The lowest BCUT2D eigenvalue weighted by molar-refractivity contribution is 0.0778. The second-order valence-corrected chi connectivity index (χ2v) is 7.36. The molecule has 0 saturated heterocycles. The number of hydrogen-bond donors (Lipinski definition) is 1. The summed E-state index contributed by atoms with van der Waals surface area (Å²) in [6.07, 6.45) is 3.07. The molecule has 1 amide bonds. The third-order valence-electron chi connectivity index (χ3n) is 5.19. The summed E-state index contributed by atoms with van der Waals surface area (Å²) in [5, 5.41) is 16.6. The highest BCUT2D eigenvalue weighted by atomic mass is 19.1. The maximum absolute atomic E-state index is 13.2. The molecule has 33 heavy (non-hydrogen) atoms. The average Bonchev–Trinajstić information content (AvgIpc) is 3.34. The summed E-state index contributed by atoms with van der Waals surface area (Å²) in [5.74, 6) is 0.00674. The first kappa shape index (κ1) is 21.9. The second kappa shape index (κ2) is 9.44. The lowest BCUT2D eigenvalue weighted by Crippen LogP contribution is -2.27. The molecule has 0 atom stereocenters. The van der Waals surface area contributed by atoms with Gasteiger partial charge in [0, 0.05) is 36.3 Å². The van der Waals surface area contributed by atoms with Crippen molar-refractivity contribution in [1.82, 2.24) is 25.1 Å². The number of amides is 1. The highest BCUT2D eigenvalue weighted by molar-refractivity contribution is 5.93. The van der Waals surface area contributed by atoms with Gasteiger partial charge in [0.2, 0.25) is 5.88 Å². The van der Waals surface area contributed by atoms with Crippen molar-refractivity contribution >= 4 is 16.8 Å². The first-order chi connectivity index (χ1) is 16.0. The number of rotatable bonds is 7. The summed E-state index contributed by atoms with van der Waals surface area (Å²) in [6.45, 7) is 1.74. The number of nitrogens with zero attached hydrogens (tertiary/aromatic N) is 5. The van der Waals surface area contributed by atoms with Gasteiger partial charge >= 0.3 is 0 Å². The minimum absolute atomic E-state index is 0.218. The van der Waals surface area contributed by atoms with E-state index in [1.165, 1.54) is 11.1 Å². The third-order valence-corrected chi connectivity index (χ3v) is 5.19. The normalized spacial score (nSPS) is 10.7. The molecule has 1 aromatic carbocycles. The number of H-pyrrole nitrogens is 1. The van der Waals surface area contributed by atoms with Gasteiger partial charge in [0.1, 0.15) is 12.4 Å². The molecule has 3 heterocycles. The van der Waals surface area contributed by atoms with Crippen molar-refractivity contribution in [3.8, 4) is 23.1 Å². The third kappa shape index (κ3) is 4.36. The Morgan fingerprint density at radius 2 is 2.12 bits per heavy atom. The number of benzene rings is 1. The van der Waals surface area contributed by atoms with Crippen LogP contribution in [0.5, 0.6) is 5.88 Å². The van der Waals surface area contributed by atoms with E-state index in [2.05, 4.69) is 26.2 Å². The number of carbonyl (C=O) groups is 1. The molecule has 3 aromatic heterocycles. The molecular formula is C24H21FN6O2. The Morgan fingerprint density at radius 3 is 2.88 bits per heavy atom. The van der Waals surface area contributed by atoms with E-state index in [9.17, 15) is 14.4 Å². The van der Waals surface area contributed by atoms with Crippen molar-refractivity contribution in [2.45, 2.75) is 20.1 Å². The van der Waals surface area contributed by atoms with Gasteiger partial charge in [-0.2, -0.15) is 10.4 Å². The molecule has 0 spiro atoms. The van der Waals surface area contributed by atoms with E-state index >= 15 is 0 Å². The Morgan fingerprint density at radius 1 is 1.27 bits per heavy atom. The van der Waals surface area contributed by atoms with Crippen LogP contribution in [0.15, 0.2) is 48.8 Å². The van der Waals surface area contributed by atoms with Gasteiger partial charge in [0.15, 0.2) is 0 Å². The highest BCUT2D eigenvalue weighted by Gasteiger charge is 2.19. The van der Waals surface area contributed by atoms with Crippen LogP contribution >= 0.6 is 0 Å². The molecule has 4 aromatic rings. The maximum atomic E-state index is 13.2. The lowest BCUT2D eigenvalue weighted by Gasteiger charge is -2.18. The molecule has 0 radical (unpaired) electrons. The minimum Gasteiger partial charge on any atom is -0.478 e. The molecule has 0 aliphatic carbocycles. The molecule has 9 heteroatoms. The molecule has 0 aliphatic heterocycles. The minimum atomic E-state index is -0.696. The van der Waals surface area contributed by atoms with Gasteiger partial charge in [-0.15, -0.1) is 0 Å². The Balaban J connectivity index is 1.62. The largest absolute Gasteiger partial charge is 0.478 e. The van der Waals surface area contributed by atoms with E-state index in [0.29, 0.717) is 45.8 Å². The van der Waals surface area contributed by atoms with Crippen LogP contribution in [0.3, 0.4) is 0 Å². The summed E-state index contributed by atoms with van der Waals surface area (Å²) in [6, 6.07) is 12.6. The molecule has 0 unspecified atom stereocenters. The summed E-state index contributed by atoms with van der Waals surface area (Å²) >= 11 is 0. The summed E-state index contributed by atoms with van der Waals surface area (Å²) < 4.78 is 18.9. The van der Waals surface area contributed by atoms with Gasteiger partial charge < -0.3 is 9.64 Å². The van der Waals surface area contributed by atoms with E-state index in [1.54, 1.807) is 43.6 Å². The van der Waals surface area contributed by atoms with Gasteiger partial charge in [-0.05, 0) is 36.8 Å². The molecule has 1 N–H and O–H groups in total. The zero-order valence-electron chi connectivity index (χ0n) is 18.2. The Labute approximate surface area is 189 Å². The predicted molar refractivity (Wildman–Crippen MR) is 120 cm³/mol. The fourth-order valence-corrected chi connectivity index (χ4v) is 3.57. The van der Waals surface area contributed by atoms with Crippen molar-refractivity contribution < 1.29 is 13.9 Å². The SMILES string of the molecule is CCOc1nc(C(=O)N(C)Cc2cnc(CF)c3cn[nH]c23)ccc1-c1cccc(C#N)c1. The standard InChI is InChI=1S/C24H21FN6O2/c1-3-33-23-18(16-6-4-5-15(9-16)11-26)7-8-20(29-23)24(32)31(2)14-17-12-27-21(10-25)19-13-28-30-22(17)19/h4-9,12-13H,3,10,14H2,1-2H3,(H,28,30). The van der Waals surface area contributed by atoms with Crippen molar-refractivity contribution in [1.29, 1.82) is 5.26 Å². The fraction of sp³-hybridized carbons (Fsp3) is 0.208. The van der Waals surface area contributed by atoms with Crippen LogP contribution in [0.1, 0.15) is 34.2 Å². The van der Waals surface area contributed by atoms with Crippen LogP contribution in [0.4, 0.5) is 4.39 Å².